The van der Waals surface area contributed by atoms with Crippen molar-refractivity contribution < 1.29 is 23.1 Å². The predicted molar refractivity (Wildman–Crippen MR) is 135 cm³/mol. The molecule has 1 saturated heterocycles. The fourth-order valence-corrected chi connectivity index (χ4v) is 5.24. The first-order chi connectivity index (χ1) is 17.8. The lowest BCUT2D eigenvalue weighted by Gasteiger charge is -2.18. The van der Waals surface area contributed by atoms with E-state index >= 15 is 0 Å². The molecule has 6 rings (SSSR count). The molecule has 2 aliphatic rings. The number of hydrogen-bond donors (Lipinski definition) is 1. The molecule has 0 radical (unpaired) electrons. The number of phenolic OH excluding ortho intramolecular Hbond substituents is 1. The van der Waals surface area contributed by atoms with Gasteiger partial charge in [0.1, 0.15) is 11.6 Å². The number of likely N-dealkylation sites (tertiary alicyclic amines) is 1. The minimum atomic E-state index is -4.45. The second-order valence-electron chi connectivity index (χ2n) is 10.1. The van der Waals surface area contributed by atoms with Crippen molar-refractivity contribution in [1.29, 1.82) is 0 Å². The fourth-order valence-electron chi connectivity index (χ4n) is 5.24. The van der Waals surface area contributed by atoms with Crippen LogP contribution in [0, 0.1) is 11.8 Å². The number of alkyl halides is 3. The van der Waals surface area contributed by atoms with Gasteiger partial charge in [0.25, 0.3) is 0 Å². The molecule has 1 atom stereocenters. The zero-order valence-corrected chi connectivity index (χ0v) is 20.1. The minimum Gasteiger partial charge on any atom is -0.508 e. The van der Waals surface area contributed by atoms with Crippen molar-refractivity contribution in [3.63, 3.8) is 0 Å². The lowest BCUT2D eigenvalue weighted by atomic mass is 10.0. The molecule has 37 heavy (non-hydrogen) atoms. The van der Waals surface area contributed by atoms with Crippen molar-refractivity contribution in [2.75, 3.05) is 13.1 Å². The summed E-state index contributed by atoms with van der Waals surface area (Å²) >= 11 is 0. The van der Waals surface area contributed by atoms with E-state index in [-0.39, 0.29) is 23.5 Å². The van der Waals surface area contributed by atoms with E-state index < -0.39 is 11.7 Å². The van der Waals surface area contributed by atoms with Gasteiger partial charge >= 0.3 is 6.18 Å². The van der Waals surface area contributed by atoms with Crippen LogP contribution >= 0.6 is 0 Å². The molecule has 0 unspecified atom stereocenters. The number of fused-ring (bicyclic) bond motifs is 1. The number of rotatable bonds is 5. The van der Waals surface area contributed by atoms with Gasteiger partial charge in [0, 0.05) is 31.1 Å². The lowest BCUT2D eigenvalue weighted by molar-refractivity contribution is -0.137. The van der Waals surface area contributed by atoms with Crippen molar-refractivity contribution in [3.05, 3.63) is 72.3 Å². The fraction of sp³-hybridized carbons (Fsp3) is 0.310. The van der Waals surface area contributed by atoms with Crippen LogP contribution in [0.5, 0.6) is 5.75 Å². The van der Waals surface area contributed by atoms with E-state index in [1.165, 1.54) is 6.07 Å². The van der Waals surface area contributed by atoms with Crippen LogP contribution in [0.2, 0.25) is 0 Å². The SMILES string of the molecule is O=C(C1CC1)N1CC[C@H](Cn2c(-c3ccc(-c4cccc(O)c4)cc3)nc3cc(C(F)(F)F)ccc32)C1. The average molecular weight is 506 g/mol. The zero-order valence-electron chi connectivity index (χ0n) is 20.1. The van der Waals surface area contributed by atoms with E-state index in [1.807, 2.05) is 39.8 Å². The van der Waals surface area contributed by atoms with Crippen molar-refractivity contribution in [2.45, 2.75) is 32.0 Å². The quantitative estimate of drug-likeness (QED) is 0.344. The molecule has 5 nitrogen and oxygen atoms in total. The second kappa shape index (κ2) is 8.94. The van der Waals surface area contributed by atoms with Gasteiger partial charge in [-0.05, 0) is 66.6 Å². The molecular weight excluding hydrogens is 479 g/mol. The third kappa shape index (κ3) is 4.68. The van der Waals surface area contributed by atoms with Crippen LogP contribution in [0.1, 0.15) is 24.8 Å². The Bertz CT molecular complexity index is 1470. The number of imidazole rings is 1. The monoisotopic (exact) mass is 505 g/mol. The summed E-state index contributed by atoms with van der Waals surface area (Å²) in [5.41, 5.74) is 2.78. The van der Waals surface area contributed by atoms with Gasteiger partial charge in [-0.25, -0.2) is 4.98 Å². The Balaban J connectivity index is 1.35. The number of carbonyl (C=O) groups excluding carboxylic acids is 1. The van der Waals surface area contributed by atoms with Gasteiger partial charge in [0.15, 0.2) is 0 Å². The van der Waals surface area contributed by atoms with E-state index in [9.17, 15) is 23.1 Å². The Kier molecular flexibility index (Phi) is 5.70. The maximum absolute atomic E-state index is 13.4. The normalized spacial score (nSPS) is 18.0. The van der Waals surface area contributed by atoms with Gasteiger partial charge in [-0.15, -0.1) is 0 Å². The van der Waals surface area contributed by atoms with E-state index in [0.717, 1.165) is 54.6 Å². The van der Waals surface area contributed by atoms with E-state index in [4.69, 9.17) is 0 Å². The van der Waals surface area contributed by atoms with Crippen molar-refractivity contribution >= 4 is 16.9 Å². The maximum atomic E-state index is 13.4. The zero-order chi connectivity index (χ0) is 25.7. The molecule has 1 aliphatic heterocycles. The predicted octanol–water partition coefficient (Wildman–Crippen LogP) is 6.35. The highest BCUT2D eigenvalue weighted by Crippen LogP contribution is 2.36. The Morgan fingerprint density at radius 3 is 2.41 bits per heavy atom. The number of hydrogen-bond acceptors (Lipinski definition) is 3. The Labute approximate surface area is 212 Å². The van der Waals surface area contributed by atoms with E-state index in [2.05, 4.69) is 4.98 Å². The summed E-state index contributed by atoms with van der Waals surface area (Å²) in [5, 5.41) is 9.81. The molecule has 1 N–H and O–H groups in total. The molecule has 2 fully saturated rings. The maximum Gasteiger partial charge on any atom is 0.416 e. The average Bonchev–Trinajstić information content (AvgIpc) is 3.53. The Morgan fingerprint density at radius 1 is 0.946 bits per heavy atom. The molecule has 1 aromatic heterocycles. The van der Waals surface area contributed by atoms with Crippen LogP contribution in [0.3, 0.4) is 0 Å². The first-order valence-electron chi connectivity index (χ1n) is 12.5. The highest BCUT2D eigenvalue weighted by Gasteiger charge is 2.37. The molecule has 1 saturated carbocycles. The highest BCUT2D eigenvalue weighted by atomic mass is 19.4. The third-order valence-corrected chi connectivity index (χ3v) is 7.36. The van der Waals surface area contributed by atoms with Gasteiger partial charge in [0.05, 0.1) is 16.6 Å². The molecule has 0 spiro atoms. The number of nitrogens with zero attached hydrogens (tertiary/aromatic N) is 3. The van der Waals surface area contributed by atoms with Crippen LogP contribution in [-0.4, -0.2) is 38.6 Å². The van der Waals surface area contributed by atoms with E-state index in [1.54, 1.807) is 18.2 Å². The highest BCUT2D eigenvalue weighted by molar-refractivity contribution is 5.82. The topological polar surface area (TPSA) is 58.4 Å². The Hall–Kier alpha value is -3.81. The molecule has 0 bridgehead atoms. The second-order valence-corrected chi connectivity index (χ2v) is 10.1. The van der Waals surface area contributed by atoms with Gasteiger partial charge in [-0.2, -0.15) is 13.2 Å². The van der Waals surface area contributed by atoms with Crippen LogP contribution in [0.25, 0.3) is 33.5 Å². The number of aromatic hydroxyl groups is 1. The molecule has 8 heteroatoms. The smallest absolute Gasteiger partial charge is 0.416 e. The first kappa shape index (κ1) is 23.6. The summed E-state index contributed by atoms with van der Waals surface area (Å²) in [5.74, 6) is 1.39. The van der Waals surface area contributed by atoms with Crippen LogP contribution in [0.15, 0.2) is 66.7 Å². The third-order valence-electron chi connectivity index (χ3n) is 7.36. The van der Waals surface area contributed by atoms with Crippen molar-refractivity contribution in [1.82, 2.24) is 14.5 Å². The molecule has 2 heterocycles. The van der Waals surface area contributed by atoms with Gasteiger partial charge < -0.3 is 14.6 Å². The summed E-state index contributed by atoms with van der Waals surface area (Å²) < 4.78 is 42.2. The van der Waals surface area contributed by atoms with Gasteiger partial charge in [0.2, 0.25) is 5.91 Å². The molecule has 190 valence electrons. The van der Waals surface area contributed by atoms with Crippen LogP contribution < -0.4 is 0 Å². The number of carbonyl (C=O) groups is 1. The number of aromatic nitrogens is 2. The first-order valence-corrected chi connectivity index (χ1v) is 12.5. The number of phenols is 1. The Morgan fingerprint density at radius 2 is 1.70 bits per heavy atom. The number of halogens is 3. The summed E-state index contributed by atoms with van der Waals surface area (Å²) in [6.45, 7) is 1.95. The van der Waals surface area contributed by atoms with E-state index in [0.29, 0.717) is 29.9 Å². The molecule has 4 aromatic rings. The van der Waals surface area contributed by atoms with Crippen molar-refractivity contribution in [3.8, 4) is 28.3 Å². The van der Waals surface area contributed by atoms with Gasteiger partial charge in [-0.1, -0.05) is 36.4 Å². The van der Waals surface area contributed by atoms with Crippen molar-refractivity contribution in [2.24, 2.45) is 11.8 Å². The number of amides is 1. The molecular formula is C29H26F3N3O2. The van der Waals surface area contributed by atoms with Gasteiger partial charge in [-0.3, -0.25) is 4.79 Å². The number of benzene rings is 3. The minimum absolute atomic E-state index is 0.175. The lowest BCUT2D eigenvalue weighted by Crippen LogP contribution is -2.30. The molecule has 3 aromatic carbocycles. The molecule has 1 amide bonds. The standard InChI is InChI=1S/C29H26F3N3O2/c30-29(31,32)23-10-11-26-25(15-23)33-27(20-6-4-19(5-7-20)22-2-1-3-24(36)14-22)35(26)17-18-12-13-34(16-18)28(37)21-8-9-21/h1-7,10-11,14-15,18,21,36H,8-9,12-13,16-17H2/t18-/m0/s1. The summed E-state index contributed by atoms with van der Waals surface area (Å²) in [4.78, 5) is 19.1. The summed E-state index contributed by atoms with van der Waals surface area (Å²) in [6, 6.07) is 18.3. The van der Waals surface area contributed by atoms with Crippen LogP contribution in [0.4, 0.5) is 13.2 Å². The largest absolute Gasteiger partial charge is 0.508 e. The molecule has 1 aliphatic carbocycles. The summed E-state index contributed by atoms with van der Waals surface area (Å²) in [6.07, 6.45) is -1.66. The summed E-state index contributed by atoms with van der Waals surface area (Å²) in [7, 11) is 0. The van der Waals surface area contributed by atoms with Crippen LogP contribution in [-0.2, 0) is 17.5 Å².